The number of benzene rings is 1. The van der Waals surface area contributed by atoms with Crippen molar-refractivity contribution < 1.29 is 15.0 Å². The first-order chi connectivity index (χ1) is 17.2. The fourth-order valence-electron chi connectivity index (χ4n) is 4.00. The summed E-state index contributed by atoms with van der Waals surface area (Å²) >= 11 is 1.50. The van der Waals surface area contributed by atoms with E-state index >= 15 is 0 Å². The molecule has 192 valence electrons. The number of amides is 1. The van der Waals surface area contributed by atoms with E-state index in [1.54, 1.807) is 6.92 Å². The third-order valence-electron chi connectivity index (χ3n) is 6.27. The maximum absolute atomic E-state index is 13.5. The van der Waals surface area contributed by atoms with Crippen LogP contribution in [-0.2, 0) is 20.9 Å². The van der Waals surface area contributed by atoms with E-state index in [1.807, 2.05) is 37.4 Å². The second-order valence-corrected chi connectivity index (χ2v) is 9.99. The summed E-state index contributed by atoms with van der Waals surface area (Å²) < 4.78 is 1.42. The van der Waals surface area contributed by atoms with Crippen LogP contribution in [0.2, 0.25) is 0 Å². The lowest BCUT2D eigenvalue weighted by Crippen LogP contribution is -2.58. The Morgan fingerprint density at radius 2 is 1.89 bits per heavy atom. The second-order valence-electron chi connectivity index (χ2n) is 9.00. The number of nitrogens with one attached hydrogen (secondary N) is 3. The smallest absolute Gasteiger partial charge is 0.294 e. The van der Waals surface area contributed by atoms with Gasteiger partial charge in [0.25, 0.3) is 5.56 Å². The van der Waals surface area contributed by atoms with E-state index in [4.69, 9.17) is 10.8 Å². The molecule has 2 heterocycles. The van der Waals surface area contributed by atoms with Crippen molar-refractivity contribution in [1.82, 2.24) is 19.8 Å². The molecule has 1 amide bonds. The van der Waals surface area contributed by atoms with Gasteiger partial charge in [0.15, 0.2) is 17.3 Å². The highest BCUT2D eigenvalue weighted by molar-refractivity contribution is 7.99. The Balaban J connectivity index is 1.70. The summed E-state index contributed by atoms with van der Waals surface area (Å²) in [5.41, 5.74) is 0.0489. The van der Waals surface area contributed by atoms with Crippen molar-refractivity contribution in [1.29, 1.82) is 5.41 Å². The number of nitrogens with two attached hydrogens (primary N) is 1. The monoisotopic (exact) mass is 512 g/mol. The molecule has 1 aliphatic heterocycles. The summed E-state index contributed by atoms with van der Waals surface area (Å²) in [7, 11) is 1.97. The molecule has 1 aliphatic rings. The fourth-order valence-corrected chi connectivity index (χ4v) is 4.86. The summed E-state index contributed by atoms with van der Waals surface area (Å²) in [5, 5.41) is 19.2. The second kappa shape index (κ2) is 12.6. The van der Waals surface area contributed by atoms with E-state index in [0.29, 0.717) is 31.6 Å². The number of rotatable bonds is 12. The van der Waals surface area contributed by atoms with E-state index in [2.05, 4.69) is 20.5 Å². The average molecular weight is 513 g/mol. The molecule has 0 bridgehead atoms. The third-order valence-corrected chi connectivity index (χ3v) is 7.33. The quantitative estimate of drug-likeness (QED) is 0.291. The lowest BCUT2D eigenvalue weighted by molar-refractivity contribution is -0.134. The van der Waals surface area contributed by atoms with Gasteiger partial charge in [0, 0.05) is 38.2 Å². The number of piperidine rings is 1. The molecule has 3 rings (SSSR count). The maximum Gasteiger partial charge on any atom is 0.294 e. The number of hydrogen-bond acceptors (Lipinski definition) is 8. The van der Waals surface area contributed by atoms with Crippen LogP contribution in [0.1, 0.15) is 25.3 Å². The molecule has 11 heteroatoms. The number of carbonyl (C=O) groups is 2. The minimum atomic E-state index is -1.14. The van der Waals surface area contributed by atoms with Crippen molar-refractivity contribution in [3.8, 4) is 0 Å². The van der Waals surface area contributed by atoms with Gasteiger partial charge in [-0.2, -0.15) is 0 Å². The van der Waals surface area contributed by atoms with Crippen LogP contribution in [0, 0.1) is 5.41 Å². The Morgan fingerprint density at radius 3 is 2.56 bits per heavy atom. The summed E-state index contributed by atoms with van der Waals surface area (Å²) in [6.07, 6.45) is 3.81. The molecule has 0 aliphatic carbocycles. The highest BCUT2D eigenvalue weighted by atomic mass is 32.2. The first kappa shape index (κ1) is 27.3. The first-order valence-electron chi connectivity index (χ1n) is 11.8. The molecule has 1 aromatic heterocycles. The number of thioether (sulfide) groups is 1. The van der Waals surface area contributed by atoms with Crippen molar-refractivity contribution in [2.45, 2.75) is 31.1 Å². The van der Waals surface area contributed by atoms with E-state index in [9.17, 15) is 14.4 Å². The Morgan fingerprint density at radius 1 is 1.19 bits per heavy atom. The largest absolute Gasteiger partial charge is 0.360 e. The summed E-state index contributed by atoms with van der Waals surface area (Å²) in [5.74, 6) is 0.622. The predicted octanol–water partition coefficient (Wildman–Crippen LogP) is -0.0654. The molecule has 1 saturated heterocycles. The van der Waals surface area contributed by atoms with Gasteiger partial charge >= 0.3 is 0 Å². The van der Waals surface area contributed by atoms with Gasteiger partial charge in [-0.15, -0.1) is 11.8 Å². The zero-order valence-corrected chi connectivity index (χ0v) is 21.6. The maximum atomic E-state index is 13.5. The molecule has 0 unspecified atom stereocenters. The van der Waals surface area contributed by atoms with Crippen LogP contribution in [0.3, 0.4) is 0 Å². The SMILES string of the molecule is CC(=[NH2+])C(=N)CNc1nccn(C2(C(=O)NCC(=O)CSCc3ccccc3)CCN(C)CC2)c1=O. The highest BCUT2D eigenvalue weighted by Crippen LogP contribution is 2.29. The highest BCUT2D eigenvalue weighted by Gasteiger charge is 2.43. The zero-order chi connectivity index (χ0) is 26.1. The molecule has 1 aromatic carbocycles. The van der Waals surface area contributed by atoms with E-state index in [1.165, 1.54) is 28.7 Å². The van der Waals surface area contributed by atoms with Crippen molar-refractivity contribution in [3.05, 3.63) is 58.6 Å². The number of hydrogen-bond donors (Lipinski definition) is 4. The van der Waals surface area contributed by atoms with Gasteiger partial charge in [-0.25, -0.2) is 4.98 Å². The summed E-state index contributed by atoms with van der Waals surface area (Å²) in [6.45, 7) is 2.81. The van der Waals surface area contributed by atoms with Crippen molar-refractivity contribution in [3.63, 3.8) is 0 Å². The number of Topliss-reactive ketones (excluding diaryl/α,β-unsaturated/α-hetero) is 1. The molecule has 0 atom stereocenters. The van der Waals surface area contributed by atoms with Crippen LogP contribution in [0.15, 0.2) is 47.5 Å². The fraction of sp³-hybridized carbons (Fsp3) is 0.440. The van der Waals surface area contributed by atoms with E-state index in [-0.39, 0.29) is 42.1 Å². The Kier molecular flexibility index (Phi) is 9.54. The zero-order valence-electron chi connectivity index (χ0n) is 20.8. The van der Waals surface area contributed by atoms with E-state index < -0.39 is 11.1 Å². The van der Waals surface area contributed by atoms with Crippen molar-refractivity contribution >= 4 is 40.7 Å². The number of aromatic nitrogens is 2. The normalized spacial score (nSPS) is 15.2. The van der Waals surface area contributed by atoms with Crippen LogP contribution in [-0.4, -0.2) is 76.5 Å². The standard InChI is InChI=1S/C25H33N7O3S/c1-18(26)21(27)15-29-22-23(34)32(13-10-28-22)25(8-11-31(2)12-9-25)24(35)30-14-20(33)17-36-16-19-6-4-3-5-7-19/h3-7,10,13,26-27H,8-9,11-12,14-17H2,1-2H3,(H,28,29)(H,30,35)/p+1. The molecule has 10 nitrogen and oxygen atoms in total. The number of ketones is 1. The minimum absolute atomic E-state index is 0.0444. The molecular formula is C25H34N7O3S+. The minimum Gasteiger partial charge on any atom is -0.360 e. The van der Waals surface area contributed by atoms with Crippen molar-refractivity contribution in [2.75, 3.05) is 44.3 Å². The van der Waals surface area contributed by atoms with Gasteiger partial charge in [0.2, 0.25) is 5.91 Å². The van der Waals surface area contributed by atoms with Gasteiger partial charge in [0.1, 0.15) is 11.3 Å². The molecular weight excluding hydrogens is 478 g/mol. The van der Waals surface area contributed by atoms with Gasteiger partial charge in [-0.1, -0.05) is 30.3 Å². The molecule has 0 saturated carbocycles. The lowest BCUT2D eigenvalue weighted by Gasteiger charge is -2.40. The number of anilines is 1. The van der Waals surface area contributed by atoms with Crippen LogP contribution in [0.4, 0.5) is 5.82 Å². The van der Waals surface area contributed by atoms with Crippen LogP contribution in [0.25, 0.3) is 0 Å². The Hall–Kier alpha value is -3.31. The summed E-state index contributed by atoms with van der Waals surface area (Å²) in [4.78, 5) is 45.5. The van der Waals surface area contributed by atoms with Crippen LogP contribution >= 0.6 is 11.8 Å². The molecule has 0 radical (unpaired) electrons. The van der Waals surface area contributed by atoms with Crippen LogP contribution < -0.4 is 21.6 Å². The number of carbonyl (C=O) groups excluding carboxylic acids is 2. The van der Waals surface area contributed by atoms with Gasteiger partial charge in [-0.05, 0) is 25.5 Å². The molecule has 5 N–H and O–H groups in total. The molecule has 0 spiro atoms. The summed E-state index contributed by atoms with van der Waals surface area (Å²) in [6, 6.07) is 9.89. The Bertz CT molecular complexity index is 1160. The Labute approximate surface area is 214 Å². The lowest BCUT2D eigenvalue weighted by atomic mass is 9.86. The average Bonchev–Trinajstić information content (AvgIpc) is 2.87. The number of likely N-dealkylation sites (tertiary alicyclic amines) is 1. The first-order valence-corrected chi connectivity index (χ1v) is 13.0. The van der Waals surface area contributed by atoms with Crippen molar-refractivity contribution in [2.24, 2.45) is 0 Å². The third kappa shape index (κ3) is 6.88. The van der Waals surface area contributed by atoms with Gasteiger partial charge < -0.3 is 15.5 Å². The van der Waals surface area contributed by atoms with Gasteiger partial charge in [0.05, 0.1) is 18.8 Å². The van der Waals surface area contributed by atoms with E-state index in [0.717, 1.165) is 11.3 Å². The molecule has 1 fully saturated rings. The van der Waals surface area contributed by atoms with Gasteiger partial charge in [-0.3, -0.25) is 29.8 Å². The predicted molar refractivity (Wildman–Crippen MR) is 143 cm³/mol. The molecule has 2 aromatic rings. The topological polar surface area (TPSA) is 146 Å². The van der Waals surface area contributed by atoms with Crippen LogP contribution in [0.5, 0.6) is 0 Å². The molecule has 36 heavy (non-hydrogen) atoms. The number of nitrogens with zero attached hydrogens (tertiary/aromatic N) is 3.